The number of ether oxygens (including phenoxy) is 1. The molecule has 0 bridgehead atoms. The number of imidazole rings is 1. The van der Waals surface area contributed by atoms with Crippen molar-refractivity contribution in [1.82, 2.24) is 15.0 Å². The third-order valence-corrected chi connectivity index (χ3v) is 4.43. The van der Waals surface area contributed by atoms with E-state index in [4.69, 9.17) is 16.3 Å². The number of nitrogens with one attached hydrogen (secondary N) is 1. The Hall–Kier alpha value is -1.59. The minimum atomic E-state index is 0.585. The molecule has 1 N–H and O–H groups in total. The Morgan fingerprint density at radius 3 is 2.89 bits per heavy atom. The Bertz CT molecular complexity index is 735. The van der Waals surface area contributed by atoms with Crippen LogP contribution in [0.4, 0.5) is 0 Å². The molecule has 0 aliphatic rings. The summed E-state index contributed by atoms with van der Waals surface area (Å²) in [5, 5.41) is 2.76. The maximum atomic E-state index is 6.26. The van der Waals surface area contributed by atoms with Crippen LogP contribution in [0.5, 0.6) is 5.88 Å². The average molecular weight is 294 g/mol. The van der Waals surface area contributed by atoms with Gasteiger partial charge in [0.1, 0.15) is 0 Å². The van der Waals surface area contributed by atoms with Crippen LogP contribution >= 0.6 is 22.9 Å². The fraction of sp³-hybridized carbons (Fsp3) is 0.231. The number of H-pyrrole nitrogens is 1. The number of nitrogens with zero attached hydrogens (tertiary/aromatic N) is 2. The molecule has 3 rings (SSSR count). The molecule has 0 amide bonds. The molecule has 4 nitrogen and oxygen atoms in total. The lowest BCUT2D eigenvalue weighted by molar-refractivity contribution is 0.328. The second-order valence-electron chi connectivity index (χ2n) is 4.10. The van der Waals surface area contributed by atoms with Gasteiger partial charge in [0, 0.05) is 6.07 Å². The average Bonchev–Trinajstić information content (AvgIpc) is 2.94. The van der Waals surface area contributed by atoms with Crippen molar-refractivity contribution >= 4 is 34.1 Å². The molecular weight excluding hydrogens is 282 g/mol. The molecule has 0 aliphatic carbocycles. The van der Waals surface area contributed by atoms with E-state index in [1.54, 1.807) is 11.3 Å². The molecule has 98 valence electrons. The van der Waals surface area contributed by atoms with Crippen molar-refractivity contribution in [1.29, 1.82) is 0 Å². The zero-order chi connectivity index (χ0) is 13.4. The highest BCUT2D eigenvalue weighted by atomic mass is 35.5. The third kappa shape index (κ3) is 2.19. The molecule has 0 unspecified atom stereocenters. The van der Waals surface area contributed by atoms with Crippen LogP contribution in [-0.2, 0) is 0 Å². The van der Waals surface area contributed by atoms with Gasteiger partial charge in [-0.3, -0.25) is 0 Å². The van der Waals surface area contributed by atoms with E-state index in [-0.39, 0.29) is 0 Å². The number of aryl methyl sites for hydroxylation is 1. The molecule has 0 saturated carbocycles. The van der Waals surface area contributed by atoms with Gasteiger partial charge < -0.3 is 9.72 Å². The third-order valence-electron chi connectivity index (χ3n) is 2.73. The zero-order valence-electron chi connectivity index (χ0n) is 10.5. The van der Waals surface area contributed by atoms with Crippen LogP contribution in [0.1, 0.15) is 12.5 Å². The fourth-order valence-corrected chi connectivity index (χ4v) is 3.03. The van der Waals surface area contributed by atoms with Gasteiger partial charge in [-0.2, -0.15) is 4.98 Å². The summed E-state index contributed by atoms with van der Waals surface area (Å²) in [5.74, 6) is 1.33. The summed E-state index contributed by atoms with van der Waals surface area (Å²) in [6, 6.07) is 3.74. The molecule has 6 heteroatoms. The number of halogens is 1. The van der Waals surface area contributed by atoms with Crippen molar-refractivity contribution < 1.29 is 4.74 Å². The van der Waals surface area contributed by atoms with Crippen LogP contribution in [0.3, 0.4) is 0 Å². The number of hydrogen-bond acceptors (Lipinski definition) is 4. The SMILES string of the molecule is CCOc1ccc2[nH]c(-c3scc(C)c3Cl)nc2n1. The standard InChI is InChI=1S/C13H12ClN3OS/c1-3-18-9-5-4-8-12(16-9)17-13(15-8)11-10(14)7(2)6-19-11/h4-6H,3H2,1-2H3,(H,15,16,17). The predicted octanol–water partition coefficient (Wildman–Crippen LogP) is 4.05. The maximum absolute atomic E-state index is 6.26. The van der Waals surface area contributed by atoms with Gasteiger partial charge in [0.05, 0.1) is 22.0 Å². The number of aromatic amines is 1. The molecule has 0 aromatic carbocycles. The molecule has 0 spiro atoms. The van der Waals surface area contributed by atoms with Crippen LogP contribution in [0, 0.1) is 6.92 Å². The van der Waals surface area contributed by atoms with E-state index in [0.717, 1.165) is 26.8 Å². The Morgan fingerprint density at radius 1 is 1.37 bits per heavy atom. The molecular formula is C13H12ClN3OS. The molecule has 0 aliphatic heterocycles. The number of fused-ring (bicyclic) bond motifs is 1. The minimum absolute atomic E-state index is 0.585. The van der Waals surface area contributed by atoms with Gasteiger partial charge >= 0.3 is 0 Å². The van der Waals surface area contributed by atoms with Gasteiger partial charge in [-0.05, 0) is 30.9 Å². The second-order valence-corrected chi connectivity index (χ2v) is 5.36. The van der Waals surface area contributed by atoms with E-state index in [2.05, 4.69) is 15.0 Å². The molecule has 0 atom stereocenters. The summed E-state index contributed by atoms with van der Waals surface area (Å²) in [5.41, 5.74) is 2.58. The molecule has 3 aromatic heterocycles. The van der Waals surface area contributed by atoms with Crippen LogP contribution in [0.15, 0.2) is 17.5 Å². The smallest absolute Gasteiger partial charge is 0.215 e. The molecule has 3 aromatic rings. The Balaban J connectivity index is 2.08. The van der Waals surface area contributed by atoms with Gasteiger partial charge in [0.15, 0.2) is 11.5 Å². The Kier molecular flexibility index (Phi) is 3.16. The van der Waals surface area contributed by atoms with Gasteiger partial charge in [0.2, 0.25) is 5.88 Å². The zero-order valence-corrected chi connectivity index (χ0v) is 12.1. The lowest BCUT2D eigenvalue weighted by atomic mass is 10.3. The van der Waals surface area contributed by atoms with E-state index in [9.17, 15) is 0 Å². The predicted molar refractivity (Wildman–Crippen MR) is 78.1 cm³/mol. The fourth-order valence-electron chi connectivity index (χ4n) is 1.80. The van der Waals surface area contributed by atoms with Crippen molar-refractivity contribution in [2.24, 2.45) is 0 Å². The first-order chi connectivity index (χ1) is 9.19. The summed E-state index contributed by atoms with van der Waals surface area (Å²) < 4.78 is 5.37. The van der Waals surface area contributed by atoms with Crippen LogP contribution < -0.4 is 4.74 Å². The van der Waals surface area contributed by atoms with Crippen molar-refractivity contribution in [2.45, 2.75) is 13.8 Å². The van der Waals surface area contributed by atoms with Gasteiger partial charge in [0.25, 0.3) is 0 Å². The quantitative estimate of drug-likeness (QED) is 0.792. The number of rotatable bonds is 3. The maximum Gasteiger partial charge on any atom is 0.215 e. The normalized spacial score (nSPS) is 11.1. The Labute approximate surface area is 119 Å². The first-order valence-electron chi connectivity index (χ1n) is 5.92. The van der Waals surface area contributed by atoms with Crippen LogP contribution in [0.2, 0.25) is 5.02 Å². The van der Waals surface area contributed by atoms with E-state index in [1.807, 2.05) is 31.4 Å². The molecule has 19 heavy (non-hydrogen) atoms. The van der Waals surface area contributed by atoms with Gasteiger partial charge in [-0.25, -0.2) is 4.98 Å². The topological polar surface area (TPSA) is 50.8 Å². The molecule has 0 fully saturated rings. The second kappa shape index (κ2) is 4.83. The van der Waals surface area contributed by atoms with Crippen molar-refractivity contribution in [3.8, 4) is 16.6 Å². The Morgan fingerprint density at radius 2 is 2.21 bits per heavy atom. The van der Waals surface area contributed by atoms with E-state index in [1.165, 1.54) is 0 Å². The highest BCUT2D eigenvalue weighted by Crippen LogP contribution is 2.35. The van der Waals surface area contributed by atoms with Crippen molar-refractivity contribution in [2.75, 3.05) is 6.61 Å². The largest absolute Gasteiger partial charge is 0.478 e. The van der Waals surface area contributed by atoms with E-state index < -0.39 is 0 Å². The summed E-state index contributed by atoms with van der Waals surface area (Å²) >= 11 is 7.83. The summed E-state index contributed by atoms with van der Waals surface area (Å²) in [6.07, 6.45) is 0. The lowest BCUT2D eigenvalue weighted by Crippen LogP contribution is -1.93. The van der Waals surface area contributed by atoms with E-state index >= 15 is 0 Å². The first kappa shape index (κ1) is 12.4. The summed E-state index contributed by atoms with van der Waals surface area (Å²) in [4.78, 5) is 13.0. The van der Waals surface area contributed by atoms with Crippen LogP contribution in [-0.4, -0.2) is 21.6 Å². The van der Waals surface area contributed by atoms with Crippen LogP contribution in [0.25, 0.3) is 21.9 Å². The number of pyridine rings is 1. The minimum Gasteiger partial charge on any atom is -0.478 e. The molecule has 3 heterocycles. The summed E-state index contributed by atoms with van der Waals surface area (Å²) in [6.45, 7) is 4.50. The van der Waals surface area contributed by atoms with E-state index in [0.29, 0.717) is 18.1 Å². The molecule has 0 saturated heterocycles. The number of aromatic nitrogens is 3. The molecule has 0 radical (unpaired) electrons. The van der Waals surface area contributed by atoms with Gasteiger partial charge in [-0.15, -0.1) is 11.3 Å². The highest BCUT2D eigenvalue weighted by Gasteiger charge is 2.13. The van der Waals surface area contributed by atoms with Crippen molar-refractivity contribution in [3.63, 3.8) is 0 Å². The number of hydrogen-bond donors (Lipinski definition) is 1. The first-order valence-corrected chi connectivity index (χ1v) is 7.18. The summed E-state index contributed by atoms with van der Waals surface area (Å²) in [7, 11) is 0. The number of thiophene rings is 1. The van der Waals surface area contributed by atoms with Gasteiger partial charge in [-0.1, -0.05) is 11.6 Å². The van der Waals surface area contributed by atoms with Crippen molar-refractivity contribution in [3.05, 3.63) is 28.1 Å². The highest BCUT2D eigenvalue weighted by molar-refractivity contribution is 7.14. The lowest BCUT2D eigenvalue weighted by Gasteiger charge is -1.99. The monoisotopic (exact) mass is 293 g/mol.